The third-order valence-corrected chi connectivity index (χ3v) is 4.40. The first-order valence-corrected chi connectivity index (χ1v) is 8.52. The normalized spacial score (nSPS) is 17.9. The lowest BCUT2D eigenvalue weighted by Crippen LogP contribution is -2.22. The minimum absolute atomic E-state index is 0.177. The fraction of sp³-hybridized carbons (Fsp3) is 0.167. The fourth-order valence-corrected chi connectivity index (χ4v) is 3.17. The Bertz CT molecular complexity index is 709. The molecule has 1 amide bonds. The van der Waals surface area contributed by atoms with Crippen molar-refractivity contribution in [1.29, 1.82) is 0 Å². The smallest absolute Gasteiger partial charge is 0.306 e. The van der Waals surface area contributed by atoms with Crippen LogP contribution in [0.4, 0.5) is 0 Å². The monoisotopic (exact) mass is 329 g/mol. The van der Waals surface area contributed by atoms with E-state index in [-0.39, 0.29) is 11.7 Å². The van der Waals surface area contributed by atoms with Crippen LogP contribution in [0.25, 0.3) is 6.08 Å². The highest BCUT2D eigenvalue weighted by Crippen LogP contribution is 2.33. The Hall–Kier alpha value is -1.38. The molecule has 2 rings (SSSR count). The van der Waals surface area contributed by atoms with Gasteiger partial charge in [0.2, 0.25) is 0 Å². The highest BCUT2D eigenvalue weighted by atomic mass is 32.2. The molecule has 0 unspecified atom stereocenters. The van der Waals surface area contributed by atoms with Gasteiger partial charge in [0.25, 0.3) is 5.91 Å². The minimum atomic E-state index is -3.63. The standard InChI is InChI=1S/C12H11NO4S3/c1-13-11(14)10(19-12(13)18)7-8-5-3-4-6-9(8)17-20(2,15)16/h3-7H,1-2H3/b10-7+. The Labute approximate surface area is 126 Å². The van der Waals surface area contributed by atoms with E-state index in [0.717, 1.165) is 6.26 Å². The van der Waals surface area contributed by atoms with Crippen LogP contribution in [0.2, 0.25) is 0 Å². The van der Waals surface area contributed by atoms with Crippen LogP contribution in [0.3, 0.4) is 0 Å². The molecule has 0 atom stereocenters. The summed E-state index contributed by atoms with van der Waals surface area (Å²) >= 11 is 6.20. The average molecular weight is 329 g/mol. The van der Waals surface area contributed by atoms with E-state index < -0.39 is 10.1 Å². The molecule has 1 aliphatic rings. The van der Waals surface area contributed by atoms with Crippen LogP contribution >= 0.6 is 24.0 Å². The Balaban J connectivity index is 2.40. The summed E-state index contributed by atoms with van der Waals surface area (Å²) in [5.74, 6) is -0.0365. The molecule has 5 nitrogen and oxygen atoms in total. The zero-order chi connectivity index (χ0) is 14.9. The molecule has 0 N–H and O–H groups in total. The number of benzene rings is 1. The molecule has 20 heavy (non-hydrogen) atoms. The van der Waals surface area contributed by atoms with Crippen molar-refractivity contribution in [2.24, 2.45) is 0 Å². The van der Waals surface area contributed by atoms with E-state index in [1.54, 1.807) is 31.3 Å². The number of carbonyl (C=O) groups excluding carboxylic acids is 1. The average Bonchev–Trinajstić information content (AvgIpc) is 2.58. The molecule has 0 aliphatic carbocycles. The molecule has 1 aromatic rings. The SMILES string of the molecule is CN1C(=O)/C(=C\c2ccccc2OS(C)(=O)=O)SC1=S. The molecular weight excluding hydrogens is 318 g/mol. The highest BCUT2D eigenvalue weighted by molar-refractivity contribution is 8.26. The first-order chi connectivity index (χ1) is 9.28. The molecule has 0 radical (unpaired) electrons. The van der Waals surface area contributed by atoms with Crippen LogP contribution in [-0.2, 0) is 14.9 Å². The molecule has 1 fully saturated rings. The summed E-state index contributed by atoms with van der Waals surface area (Å²) in [7, 11) is -2.03. The van der Waals surface area contributed by atoms with E-state index >= 15 is 0 Å². The van der Waals surface area contributed by atoms with Gasteiger partial charge in [0.15, 0.2) is 0 Å². The number of rotatable bonds is 3. The van der Waals surface area contributed by atoms with Crippen molar-refractivity contribution in [3.05, 3.63) is 34.7 Å². The van der Waals surface area contributed by atoms with Crippen molar-refractivity contribution >= 4 is 50.4 Å². The second kappa shape index (κ2) is 5.55. The Morgan fingerprint density at radius 3 is 2.55 bits per heavy atom. The third-order valence-electron chi connectivity index (χ3n) is 2.43. The number of carbonyl (C=O) groups is 1. The summed E-state index contributed by atoms with van der Waals surface area (Å²) in [6, 6.07) is 6.58. The zero-order valence-electron chi connectivity index (χ0n) is 10.7. The predicted molar refractivity (Wildman–Crippen MR) is 82.8 cm³/mol. The largest absolute Gasteiger partial charge is 0.382 e. The molecule has 1 aromatic carbocycles. The van der Waals surface area contributed by atoms with Crippen LogP contribution in [0, 0.1) is 0 Å². The number of nitrogens with zero attached hydrogens (tertiary/aromatic N) is 1. The summed E-state index contributed by atoms with van der Waals surface area (Å²) in [6.45, 7) is 0. The fourth-order valence-electron chi connectivity index (χ4n) is 1.53. The Kier molecular flexibility index (Phi) is 4.17. The third kappa shape index (κ3) is 3.38. The number of thioether (sulfide) groups is 1. The van der Waals surface area contributed by atoms with Crippen molar-refractivity contribution in [2.75, 3.05) is 13.3 Å². The van der Waals surface area contributed by atoms with Gasteiger partial charge in [0.1, 0.15) is 10.1 Å². The molecule has 1 saturated heterocycles. The van der Waals surface area contributed by atoms with Crippen molar-refractivity contribution in [1.82, 2.24) is 4.90 Å². The predicted octanol–water partition coefficient (Wildman–Crippen LogP) is 1.86. The van der Waals surface area contributed by atoms with E-state index in [1.807, 2.05) is 0 Å². The first-order valence-electron chi connectivity index (χ1n) is 5.48. The van der Waals surface area contributed by atoms with Crippen molar-refractivity contribution < 1.29 is 17.4 Å². The molecule has 106 valence electrons. The number of para-hydroxylation sites is 1. The van der Waals surface area contributed by atoms with E-state index in [1.165, 1.54) is 22.7 Å². The Morgan fingerprint density at radius 2 is 2.00 bits per heavy atom. The molecule has 1 aliphatic heterocycles. The number of thiocarbonyl (C=S) groups is 1. The zero-order valence-corrected chi connectivity index (χ0v) is 13.1. The molecule has 0 aromatic heterocycles. The maximum Gasteiger partial charge on any atom is 0.306 e. The van der Waals surface area contributed by atoms with Gasteiger partial charge in [0, 0.05) is 12.6 Å². The summed E-state index contributed by atoms with van der Waals surface area (Å²) in [4.78, 5) is 13.7. The summed E-state index contributed by atoms with van der Waals surface area (Å²) in [6.07, 6.45) is 2.54. The second-order valence-corrected chi connectivity index (χ2v) is 7.32. The van der Waals surface area contributed by atoms with Gasteiger partial charge in [-0.2, -0.15) is 8.42 Å². The molecule has 0 saturated carbocycles. The van der Waals surface area contributed by atoms with Gasteiger partial charge in [-0.3, -0.25) is 9.69 Å². The number of hydrogen-bond donors (Lipinski definition) is 0. The lowest BCUT2D eigenvalue weighted by molar-refractivity contribution is -0.121. The van der Waals surface area contributed by atoms with Crippen molar-refractivity contribution in [3.8, 4) is 5.75 Å². The summed E-state index contributed by atoms with van der Waals surface area (Å²) in [5, 5.41) is 0. The van der Waals surface area contributed by atoms with E-state index in [2.05, 4.69) is 0 Å². The van der Waals surface area contributed by atoms with E-state index in [4.69, 9.17) is 16.4 Å². The van der Waals surface area contributed by atoms with Crippen LogP contribution in [0.5, 0.6) is 5.75 Å². The summed E-state index contributed by atoms with van der Waals surface area (Å²) < 4.78 is 27.8. The first kappa shape index (κ1) is 15.0. The van der Waals surface area contributed by atoms with E-state index in [0.29, 0.717) is 14.8 Å². The van der Waals surface area contributed by atoms with Crippen LogP contribution in [0.1, 0.15) is 5.56 Å². The van der Waals surface area contributed by atoms with Crippen LogP contribution < -0.4 is 4.18 Å². The molecule has 8 heteroatoms. The quantitative estimate of drug-likeness (QED) is 0.479. The van der Waals surface area contributed by atoms with Gasteiger partial charge < -0.3 is 4.18 Å². The van der Waals surface area contributed by atoms with Crippen LogP contribution in [-0.4, -0.2) is 36.8 Å². The second-order valence-electron chi connectivity index (χ2n) is 4.07. The molecule has 0 spiro atoms. The van der Waals surface area contributed by atoms with E-state index in [9.17, 15) is 13.2 Å². The number of amides is 1. The van der Waals surface area contributed by atoms with Gasteiger partial charge in [-0.25, -0.2) is 0 Å². The Morgan fingerprint density at radius 1 is 1.35 bits per heavy atom. The van der Waals surface area contributed by atoms with Gasteiger partial charge in [-0.15, -0.1) is 0 Å². The lowest BCUT2D eigenvalue weighted by Gasteiger charge is -2.06. The van der Waals surface area contributed by atoms with Gasteiger partial charge in [-0.1, -0.05) is 42.2 Å². The number of hydrogen-bond acceptors (Lipinski definition) is 6. The molecular formula is C12H11NO4S3. The van der Waals surface area contributed by atoms with Gasteiger partial charge >= 0.3 is 10.1 Å². The molecule has 0 bridgehead atoms. The topological polar surface area (TPSA) is 63.7 Å². The lowest BCUT2D eigenvalue weighted by atomic mass is 10.2. The summed E-state index contributed by atoms with van der Waals surface area (Å²) in [5.41, 5.74) is 0.506. The maximum atomic E-state index is 11.9. The van der Waals surface area contributed by atoms with Crippen molar-refractivity contribution in [2.45, 2.75) is 0 Å². The molecule has 1 heterocycles. The van der Waals surface area contributed by atoms with Crippen molar-refractivity contribution in [3.63, 3.8) is 0 Å². The minimum Gasteiger partial charge on any atom is -0.382 e. The maximum absolute atomic E-state index is 11.9. The van der Waals surface area contributed by atoms with Gasteiger partial charge in [-0.05, 0) is 12.1 Å². The number of likely N-dealkylation sites (N-methyl/N-ethyl adjacent to an activating group) is 1. The van der Waals surface area contributed by atoms with Gasteiger partial charge in [0.05, 0.1) is 11.2 Å². The van der Waals surface area contributed by atoms with Crippen LogP contribution in [0.15, 0.2) is 29.2 Å². The highest BCUT2D eigenvalue weighted by Gasteiger charge is 2.29.